The summed E-state index contributed by atoms with van der Waals surface area (Å²) in [6.45, 7) is 4.36. The second-order valence-corrected chi connectivity index (χ2v) is 11.3. The number of ether oxygens (including phenoxy) is 2. The lowest BCUT2D eigenvalue weighted by molar-refractivity contribution is 0.397. The number of benzene rings is 5. The molecule has 0 aromatic heterocycles. The molecule has 0 aliphatic carbocycles. The van der Waals surface area contributed by atoms with Gasteiger partial charge in [0.15, 0.2) is 11.5 Å². The molecule has 3 N–H and O–H groups in total. The number of aryl methyl sites for hydroxylation is 1. The third-order valence-electron chi connectivity index (χ3n) is 7.72. The van der Waals surface area contributed by atoms with E-state index in [0.717, 1.165) is 55.8 Å². The van der Waals surface area contributed by atoms with Crippen molar-refractivity contribution in [2.45, 2.75) is 42.3 Å². The van der Waals surface area contributed by atoms with Crippen molar-refractivity contribution in [3.8, 4) is 23.0 Å². The molecule has 0 saturated carbocycles. The van der Waals surface area contributed by atoms with E-state index in [1.807, 2.05) is 25.2 Å². The van der Waals surface area contributed by atoms with Gasteiger partial charge in [-0.25, -0.2) is 0 Å². The minimum absolute atomic E-state index is 0.0943. The van der Waals surface area contributed by atoms with Gasteiger partial charge in [-0.3, -0.25) is 5.32 Å². The lowest BCUT2D eigenvalue weighted by atomic mass is 9.99. The van der Waals surface area contributed by atoms with Crippen LogP contribution < -0.4 is 25.4 Å². The van der Waals surface area contributed by atoms with Crippen molar-refractivity contribution in [1.82, 2.24) is 10.6 Å². The number of para-hydroxylation sites is 1. The van der Waals surface area contributed by atoms with Gasteiger partial charge in [0.2, 0.25) is 0 Å². The zero-order valence-corrected chi connectivity index (χ0v) is 23.6. The number of anilines is 2. The second kappa shape index (κ2) is 10.2. The number of hydrogen-bond donors (Lipinski definition) is 3. The van der Waals surface area contributed by atoms with Gasteiger partial charge in [0, 0.05) is 22.1 Å². The molecule has 40 heavy (non-hydrogen) atoms. The SMILES string of the molecule is CCc1ccc(Oc2c(Oc3ccc4ccccc4c3)c3c(c4c2C(NC)NC4C)Nc2ccccc2S3)cc1. The lowest BCUT2D eigenvalue weighted by Crippen LogP contribution is -2.27. The van der Waals surface area contributed by atoms with Gasteiger partial charge in [-0.1, -0.05) is 73.3 Å². The summed E-state index contributed by atoms with van der Waals surface area (Å²) in [6, 6.07) is 31.5. The fourth-order valence-electron chi connectivity index (χ4n) is 5.68. The monoisotopic (exact) mass is 545 g/mol. The Morgan fingerprint density at radius 3 is 2.33 bits per heavy atom. The van der Waals surface area contributed by atoms with Gasteiger partial charge in [-0.05, 0) is 73.1 Å². The Labute approximate surface area is 238 Å². The van der Waals surface area contributed by atoms with Gasteiger partial charge in [0.05, 0.1) is 22.4 Å². The van der Waals surface area contributed by atoms with Crippen LogP contribution in [0.4, 0.5) is 11.4 Å². The molecule has 0 fully saturated rings. The zero-order valence-electron chi connectivity index (χ0n) is 22.7. The van der Waals surface area contributed by atoms with Gasteiger partial charge in [-0.15, -0.1) is 0 Å². The molecule has 5 nitrogen and oxygen atoms in total. The topological polar surface area (TPSA) is 54.6 Å². The minimum Gasteiger partial charge on any atom is -0.453 e. The van der Waals surface area contributed by atoms with E-state index in [1.54, 1.807) is 11.8 Å². The van der Waals surface area contributed by atoms with Crippen LogP contribution in [0, 0.1) is 0 Å². The van der Waals surface area contributed by atoms with Gasteiger partial charge in [-0.2, -0.15) is 0 Å². The van der Waals surface area contributed by atoms with E-state index < -0.39 is 0 Å². The van der Waals surface area contributed by atoms with Crippen molar-refractivity contribution in [3.05, 3.63) is 108 Å². The van der Waals surface area contributed by atoms with E-state index in [9.17, 15) is 0 Å². The molecule has 2 unspecified atom stereocenters. The maximum absolute atomic E-state index is 6.86. The molecule has 7 rings (SSSR count). The fourth-order valence-corrected chi connectivity index (χ4v) is 6.76. The number of hydrogen-bond acceptors (Lipinski definition) is 6. The number of nitrogens with one attached hydrogen (secondary N) is 3. The van der Waals surface area contributed by atoms with E-state index in [4.69, 9.17) is 9.47 Å². The first-order chi connectivity index (χ1) is 19.6. The van der Waals surface area contributed by atoms with E-state index in [1.165, 1.54) is 16.5 Å². The first-order valence-electron chi connectivity index (χ1n) is 13.8. The normalized spacial score (nSPS) is 17.1. The Bertz CT molecular complexity index is 1730. The summed E-state index contributed by atoms with van der Waals surface area (Å²) in [5, 5.41) is 13.2. The zero-order chi connectivity index (χ0) is 27.2. The van der Waals surface area contributed by atoms with E-state index in [2.05, 4.69) is 103 Å². The third-order valence-corrected chi connectivity index (χ3v) is 8.89. The molecule has 2 aliphatic rings. The Kier molecular flexibility index (Phi) is 6.39. The first kappa shape index (κ1) is 25.0. The Morgan fingerprint density at radius 1 is 0.800 bits per heavy atom. The van der Waals surface area contributed by atoms with Gasteiger partial charge in [0.25, 0.3) is 0 Å². The maximum Gasteiger partial charge on any atom is 0.186 e. The molecule has 0 spiro atoms. The van der Waals surface area contributed by atoms with Crippen LogP contribution in [0.5, 0.6) is 23.0 Å². The highest BCUT2D eigenvalue weighted by molar-refractivity contribution is 7.99. The van der Waals surface area contributed by atoms with Crippen LogP contribution in [0.15, 0.2) is 101 Å². The lowest BCUT2D eigenvalue weighted by Gasteiger charge is -2.29. The van der Waals surface area contributed by atoms with Crippen molar-refractivity contribution < 1.29 is 9.47 Å². The van der Waals surface area contributed by atoms with E-state index in [0.29, 0.717) is 5.75 Å². The molecule has 5 aromatic carbocycles. The van der Waals surface area contributed by atoms with Crippen LogP contribution in [-0.2, 0) is 6.42 Å². The van der Waals surface area contributed by atoms with Gasteiger partial charge < -0.3 is 20.1 Å². The predicted octanol–water partition coefficient (Wildman–Crippen LogP) is 9.08. The Hall–Kier alpha value is -3.97. The highest BCUT2D eigenvalue weighted by Gasteiger charge is 2.39. The summed E-state index contributed by atoms with van der Waals surface area (Å²) in [6.07, 6.45) is 0.888. The Balaban J connectivity index is 1.45. The molecule has 2 atom stereocenters. The first-order valence-corrected chi connectivity index (χ1v) is 14.6. The van der Waals surface area contributed by atoms with Crippen LogP contribution in [-0.4, -0.2) is 7.05 Å². The van der Waals surface area contributed by atoms with Gasteiger partial charge >= 0.3 is 0 Å². The largest absolute Gasteiger partial charge is 0.453 e. The Morgan fingerprint density at radius 2 is 1.52 bits per heavy atom. The third kappa shape index (κ3) is 4.29. The summed E-state index contributed by atoms with van der Waals surface area (Å²) in [5.74, 6) is 3.00. The smallest absolute Gasteiger partial charge is 0.186 e. The molecular weight excluding hydrogens is 514 g/mol. The van der Waals surface area contributed by atoms with Crippen molar-refractivity contribution in [1.29, 1.82) is 0 Å². The average Bonchev–Trinajstić information content (AvgIpc) is 3.34. The second-order valence-electron chi connectivity index (χ2n) is 10.2. The van der Waals surface area contributed by atoms with Crippen LogP contribution in [0.1, 0.15) is 42.7 Å². The summed E-state index contributed by atoms with van der Waals surface area (Å²) >= 11 is 1.72. The molecule has 6 heteroatoms. The summed E-state index contributed by atoms with van der Waals surface area (Å²) in [5.41, 5.74) is 5.71. The molecular formula is C34H31N3O2S. The van der Waals surface area contributed by atoms with Crippen LogP contribution in [0.25, 0.3) is 10.8 Å². The maximum atomic E-state index is 6.86. The molecule has 5 aromatic rings. The van der Waals surface area contributed by atoms with Gasteiger partial charge in [0.1, 0.15) is 11.5 Å². The highest BCUT2D eigenvalue weighted by Crippen LogP contribution is 2.60. The van der Waals surface area contributed by atoms with Crippen molar-refractivity contribution >= 4 is 33.9 Å². The van der Waals surface area contributed by atoms with E-state index in [-0.39, 0.29) is 12.2 Å². The molecule has 0 radical (unpaired) electrons. The van der Waals surface area contributed by atoms with Crippen molar-refractivity contribution in [2.75, 3.05) is 12.4 Å². The van der Waals surface area contributed by atoms with Crippen LogP contribution in [0.2, 0.25) is 0 Å². The fraction of sp³-hybridized carbons (Fsp3) is 0.176. The molecule has 2 aliphatic heterocycles. The molecule has 200 valence electrons. The van der Waals surface area contributed by atoms with Crippen molar-refractivity contribution in [3.63, 3.8) is 0 Å². The minimum atomic E-state index is -0.0943. The average molecular weight is 546 g/mol. The molecule has 0 bridgehead atoms. The standard InChI is InChI=1S/C34H31N3O2S/c1-4-21-13-16-24(17-14-21)38-31-29-28(20(2)36-34(29)35-3)30-33(40-27-12-8-7-11-26(27)37-30)32(31)39-25-18-15-22-9-5-6-10-23(22)19-25/h5-20,34-37H,4H2,1-3H3. The molecule has 2 heterocycles. The highest BCUT2D eigenvalue weighted by atomic mass is 32.2. The van der Waals surface area contributed by atoms with Crippen LogP contribution in [0.3, 0.4) is 0 Å². The number of rotatable bonds is 6. The van der Waals surface area contributed by atoms with Crippen LogP contribution >= 0.6 is 11.8 Å². The quantitative estimate of drug-likeness (QED) is 0.194. The molecule has 0 saturated heterocycles. The van der Waals surface area contributed by atoms with Crippen molar-refractivity contribution in [2.24, 2.45) is 0 Å². The molecule has 0 amide bonds. The number of fused-ring (bicyclic) bond motifs is 5. The summed E-state index contributed by atoms with van der Waals surface area (Å²) in [7, 11) is 1.97. The summed E-state index contributed by atoms with van der Waals surface area (Å²) in [4.78, 5) is 2.18. The predicted molar refractivity (Wildman–Crippen MR) is 164 cm³/mol. The van der Waals surface area contributed by atoms with E-state index >= 15 is 0 Å². The summed E-state index contributed by atoms with van der Waals surface area (Å²) < 4.78 is 13.7.